The Morgan fingerprint density at radius 2 is 1.00 bits per heavy atom. The number of nitrogens with zero attached hydrogens (tertiary/aromatic N) is 3. The van der Waals surface area contributed by atoms with Crippen LogP contribution < -0.4 is 9.47 Å². The van der Waals surface area contributed by atoms with Crippen LogP contribution in [0.5, 0.6) is 11.5 Å². The molecule has 5 rings (SSSR count). The Labute approximate surface area is 185 Å². The molecule has 0 aliphatic heterocycles. The number of benzene rings is 2. The second-order valence-electron chi connectivity index (χ2n) is 7.20. The minimum absolute atomic E-state index is 0.801. The maximum absolute atomic E-state index is 5.22. The van der Waals surface area contributed by atoms with E-state index in [0.717, 1.165) is 56.8 Å². The number of nitrogens with one attached hydrogen (secondary N) is 2. The molecule has 0 aliphatic carbocycles. The van der Waals surface area contributed by atoms with Crippen molar-refractivity contribution in [3.8, 4) is 56.8 Å². The molecule has 2 aromatic carbocycles. The predicted molar refractivity (Wildman–Crippen MR) is 123 cm³/mol. The summed E-state index contributed by atoms with van der Waals surface area (Å²) in [5.41, 5.74) is 6.98. The topological polar surface area (TPSA) is 88.7 Å². The van der Waals surface area contributed by atoms with Crippen LogP contribution in [-0.4, -0.2) is 39.6 Å². The average Bonchev–Trinajstić information content (AvgIpc) is 3.55. The quantitative estimate of drug-likeness (QED) is 0.391. The summed E-state index contributed by atoms with van der Waals surface area (Å²) in [5, 5.41) is 15.1. The third-order valence-electron chi connectivity index (χ3n) is 5.23. The predicted octanol–water partition coefficient (Wildman–Crippen LogP) is 5.21. The van der Waals surface area contributed by atoms with Gasteiger partial charge in [0, 0.05) is 11.1 Å². The molecule has 0 spiro atoms. The molecule has 158 valence electrons. The van der Waals surface area contributed by atoms with Crippen LogP contribution >= 0.6 is 0 Å². The van der Waals surface area contributed by atoms with Gasteiger partial charge in [0.05, 0.1) is 48.4 Å². The lowest BCUT2D eigenvalue weighted by molar-refractivity contribution is 0.415. The molecular formula is C25H21N5O2. The highest BCUT2D eigenvalue weighted by atomic mass is 16.5. The van der Waals surface area contributed by atoms with Crippen molar-refractivity contribution < 1.29 is 9.47 Å². The normalized spacial score (nSPS) is 10.8. The van der Waals surface area contributed by atoms with Crippen molar-refractivity contribution in [2.45, 2.75) is 0 Å². The number of hydrogen-bond donors (Lipinski definition) is 2. The van der Waals surface area contributed by atoms with E-state index in [1.165, 1.54) is 0 Å². The van der Waals surface area contributed by atoms with Gasteiger partial charge in [-0.05, 0) is 72.8 Å². The van der Waals surface area contributed by atoms with Crippen molar-refractivity contribution >= 4 is 0 Å². The van der Waals surface area contributed by atoms with Gasteiger partial charge >= 0.3 is 0 Å². The number of aromatic amines is 2. The fourth-order valence-corrected chi connectivity index (χ4v) is 3.46. The molecule has 3 heterocycles. The standard InChI is InChI=1S/C25H21N5O2/c1-31-18-10-6-16(7-11-18)22-14-24(29-27-22)20-4-3-5-21(26-20)25-15-23(28-30-25)17-8-12-19(32-2)13-9-17/h3-15H,1-2H3,(H,27,29)(H,28,30). The molecule has 7 nitrogen and oxygen atoms in total. The largest absolute Gasteiger partial charge is 0.497 e. The summed E-state index contributed by atoms with van der Waals surface area (Å²) >= 11 is 0. The van der Waals surface area contributed by atoms with Gasteiger partial charge in [-0.25, -0.2) is 4.98 Å². The molecule has 0 amide bonds. The third-order valence-corrected chi connectivity index (χ3v) is 5.23. The van der Waals surface area contributed by atoms with Crippen LogP contribution in [0.4, 0.5) is 0 Å². The molecule has 0 saturated carbocycles. The van der Waals surface area contributed by atoms with Crippen molar-refractivity contribution in [2.24, 2.45) is 0 Å². The van der Waals surface area contributed by atoms with Crippen LogP contribution in [-0.2, 0) is 0 Å². The van der Waals surface area contributed by atoms with Crippen LogP contribution in [0, 0.1) is 0 Å². The Hall–Kier alpha value is -4.39. The molecule has 0 aliphatic rings. The van der Waals surface area contributed by atoms with E-state index in [1.54, 1.807) is 14.2 Å². The average molecular weight is 423 g/mol. The molecule has 0 radical (unpaired) electrons. The second kappa shape index (κ2) is 8.39. The lowest BCUT2D eigenvalue weighted by Gasteiger charge is -2.01. The monoisotopic (exact) mass is 423 g/mol. The Morgan fingerprint density at radius 1 is 0.562 bits per heavy atom. The van der Waals surface area contributed by atoms with Crippen molar-refractivity contribution in [2.75, 3.05) is 14.2 Å². The zero-order valence-corrected chi connectivity index (χ0v) is 17.7. The number of methoxy groups -OCH3 is 2. The first-order valence-corrected chi connectivity index (χ1v) is 10.1. The fraction of sp³-hybridized carbons (Fsp3) is 0.0800. The molecule has 0 unspecified atom stereocenters. The first-order valence-electron chi connectivity index (χ1n) is 10.1. The van der Waals surface area contributed by atoms with Gasteiger partial charge < -0.3 is 9.47 Å². The van der Waals surface area contributed by atoms with E-state index >= 15 is 0 Å². The van der Waals surface area contributed by atoms with E-state index in [2.05, 4.69) is 20.4 Å². The molecule has 2 N–H and O–H groups in total. The number of ether oxygens (including phenoxy) is 2. The summed E-state index contributed by atoms with van der Waals surface area (Å²) in [7, 11) is 3.31. The van der Waals surface area contributed by atoms with Crippen LogP contribution in [0.2, 0.25) is 0 Å². The van der Waals surface area contributed by atoms with E-state index in [9.17, 15) is 0 Å². The Balaban J connectivity index is 1.40. The van der Waals surface area contributed by atoms with E-state index < -0.39 is 0 Å². The lowest BCUT2D eigenvalue weighted by Crippen LogP contribution is -1.88. The summed E-state index contributed by atoms with van der Waals surface area (Å²) in [6.07, 6.45) is 0. The van der Waals surface area contributed by atoms with Crippen LogP contribution in [0.3, 0.4) is 0 Å². The minimum atomic E-state index is 0.801. The molecule has 7 heteroatoms. The lowest BCUT2D eigenvalue weighted by atomic mass is 10.1. The zero-order chi connectivity index (χ0) is 21.9. The number of H-pyrrole nitrogens is 2. The van der Waals surface area contributed by atoms with Gasteiger partial charge in [-0.3, -0.25) is 10.2 Å². The van der Waals surface area contributed by atoms with Crippen molar-refractivity contribution in [1.29, 1.82) is 0 Å². The van der Waals surface area contributed by atoms with Gasteiger partial charge in [0.1, 0.15) is 11.5 Å². The Kier molecular flexibility index (Phi) is 5.13. The summed E-state index contributed by atoms with van der Waals surface area (Å²) in [4.78, 5) is 4.80. The molecule has 5 aromatic rings. The summed E-state index contributed by atoms with van der Waals surface area (Å²) in [6, 6.07) is 25.5. The minimum Gasteiger partial charge on any atom is -0.497 e. The van der Waals surface area contributed by atoms with Crippen molar-refractivity contribution in [3.05, 3.63) is 78.9 Å². The van der Waals surface area contributed by atoms with E-state index in [-0.39, 0.29) is 0 Å². The second-order valence-corrected chi connectivity index (χ2v) is 7.20. The van der Waals surface area contributed by atoms with Crippen molar-refractivity contribution in [1.82, 2.24) is 25.4 Å². The number of pyridine rings is 1. The molecule has 32 heavy (non-hydrogen) atoms. The van der Waals surface area contributed by atoms with Crippen molar-refractivity contribution in [3.63, 3.8) is 0 Å². The molecular weight excluding hydrogens is 402 g/mol. The number of rotatable bonds is 6. The highest BCUT2D eigenvalue weighted by Crippen LogP contribution is 2.28. The molecule has 0 atom stereocenters. The van der Waals surface area contributed by atoms with Gasteiger partial charge in [-0.1, -0.05) is 6.07 Å². The van der Waals surface area contributed by atoms with Crippen LogP contribution in [0.1, 0.15) is 0 Å². The van der Waals surface area contributed by atoms with Gasteiger partial charge in [-0.2, -0.15) is 10.2 Å². The first kappa shape index (κ1) is 19.6. The fourth-order valence-electron chi connectivity index (χ4n) is 3.46. The van der Waals surface area contributed by atoms with Crippen LogP contribution in [0.15, 0.2) is 78.9 Å². The number of aromatic nitrogens is 5. The maximum Gasteiger partial charge on any atom is 0.118 e. The molecule has 0 saturated heterocycles. The summed E-state index contributed by atoms with van der Waals surface area (Å²) in [6.45, 7) is 0. The van der Waals surface area contributed by atoms with E-state index in [1.807, 2.05) is 78.9 Å². The first-order chi connectivity index (χ1) is 15.7. The van der Waals surface area contributed by atoms with Crippen LogP contribution in [0.25, 0.3) is 45.3 Å². The molecule has 0 bridgehead atoms. The zero-order valence-electron chi connectivity index (χ0n) is 17.7. The van der Waals surface area contributed by atoms with E-state index in [4.69, 9.17) is 14.5 Å². The summed E-state index contributed by atoms with van der Waals surface area (Å²) in [5.74, 6) is 1.62. The molecule has 0 fully saturated rings. The maximum atomic E-state index is 5.22. The van der Waals surface area contributed by atoms with Gasteiger partial charge in [0.2, 0.25) is 0 Å². The summed E-state index contributed by atoms with van der Waals surface area (Å²) < 4.78 is 10.4. The number of hydrogen-bond acceptors (Lipinski definition) is 5. The SMILES string of the molecule is COc1ccc(-c2cc(-c3cccc(-c4cc(-c5ccc(OC)cc5)n[nH]4)n3)[nH]n2)cc1. The van der Waals surface area contributed by atoms with E-state index in [0.29, 0.717) is 0 Å². The highest BCUT2D eigenvalue weighted by Gasteiger charge is 2.11. The van der Waals surface area contributed by atoms with Gasteiger partial charge in [0.25, 0.3) is 0 Å². The Bertz CT molecular complexity index is 1240. The highest BCUT2D eigenvalue weighted by molar-refractivity contribution is 5.70. The van der Waals surface area contributed by atoms with Gasteiger partial charge in [0.15, 0.2) is 0 Å². The molecule has 3 aromatic heterocycles. The van der Waals surface area contributed by atoms with Gasteiger partial charge in [-0.15, -0.1) is 0 Å². The smallest absolute Gasteiger partial charge is 0.118 e. The Morgan fingerprint density at radius 3 is 1.41 bits per heavy atom. The third kappa shape index (κ3) is 3.83.